The molecule has 104 valence electrons. The van der Waals surface area contributed by atoms with Gasteiger partial charge in [0.1, 0.15) is 0 Å². The van der Waals surface area contributed by atoms with Crippen LogP contribution in [0.2, 0.25) is 0 Å². The molecule has 3 heteroatoms. The zero-order valence-corrected chi connectivity index (χ0v) is 12.8. The molecule has 0 amide bonds. The summed E-state index contributed by atoms with van der Waals surface area (Å²) in [6, 6.07) is 2.79. The smallest absolute Gasteiger partial charge is 0.0596 e. The molecule has 1 rings (SSSR count). The third-order valence-corrected chi connectivity index (χ3v) is 3.75. The Kier molecular flexibility index (Phi) is 5.86. The van der Waals surface area contributed by atoms with E-state index in [0.29, 0.717) is 17.9 Å². The van der Waals surface area contributed by atoms with Crippen LogP contribution < -0.4 is 5.32 Å². The molecule has 1 aromatic heterocycles. The summed E-state index contributed by atoms with van der Waals surface area (Å²) in [5, 5.41) is 8.10. The fourth-order valence-corrected chi connectivity index (χ4v) is 2.74. The van der Waals surface area contributed by atoms with Crippen LogP contribution >= 0.6 is 0 Å². The second-order valence-corrected chi connectivity index (χ2v) is 5.55. The number of hydrogen-bond acceptors (Lipinski definition) is 2. The van der Waals surface area contributed by atoms with Crippen molar-refractivity contribution in [2.24, 2.45) is 11.8 Å². The second-order valence-electron chi connectivity index (χ2n) is 5.55. The van der Waals surface area contributed by atoms with Gasteiger partial charge in [0.15, 0.2) is 0 Å². The lowest BCUT2D eigenvalue weighted by Gasteiger charge is -2.28. The number of nitrogens with one attached hydrogen (secondary N) is 1. The highest BCUT2D eigenvalue weighted by Gasteiger charge is 2.22. The van der Waals surface area contributed by atoms with Gasteiger partial charge >= 0.3 is 0 Å². The first-order valence-corrected chi connectivity index (χ1v) is 7.26. The maximum Gasteiger partial charge on any atom is 0.0596 e. The molecule has 0 saturated heterocycles. The molecule has 0 aliphatic rings. The molecule has 0 aromatic carbocycles. The van der Waals surface area contributed by atoms with Gasteiger partial charge in [-0.3, -0.25) is 4.68 Å². The van der Waals surface area contributed by atoms with Crippen molar-refractivity contribution in [2.75, 3.05) is 6.54 Å². The Hall–Kier alpha value is -0.830. The van der Waals surface area contributed by atoms with Crippen LogP contribution in [0.4, 0.5) is 0 Å². The van der Waals surface area contributed by atoms with E-state index in [1.807, 2.05) is 0 Å². The van der Waals surface area contributed by atoms with E-state index in [-0.39, 0.29) is 0 Å². The van der Waals surface area contributed by atoms with Crippen molar-refractivity contribution in [1.82, 2.24) is 15.1 Å². The molecule has 18 heavy (non-hydrogen) atoms. The van der Waals surface area contributed by atoms with Crippen molar-refractivity contribution in [1.29, 1.82) is 0 Å². The van der Waals surface area contributed by atoms with Gasteiger partial charge in [-0.15, -0.1) is 0 Å². The van der Waals surface area contributed by atoms with Gasteiger partial charge in [-0.1, -0.05) is 20.8 Å². The summed E-state index contributed by atoms with van der Waals surface area (Å²) >= 11 is 0. The van der Waals surface area contributed by atoms with Crippen molar-refractivity contribution < 1.29 is 0 Å². The minimum atomic E-state index is 0.551. The normalized spacial score (nSPS) is 15.1. The average molecular weight is 251 g/mol. The summed E-state index contributed by atoms with van der Waals surface area (Å²) in [7, 11) is 0. The molecule has 3 nitrogen and oxygen atoms in total. The molecule has 0 radical (unpaired) electrons. The van der Waals surface area contributed by atoms with Crippen LogP contribution in [0.25, 0.3) is 0 Å². The van der Waals surface area contributed by atoms with Crippen molar-refractivity contribution in [3.05, 3.63) is 17.5 Å². The van der Waals surface area contributed by atoms with Crippen LogP contribution in [0.15, 0.2) is 6.07 Å². The van der Waals surface area contributed by atoms with E-state index >= 15 is 0 Å². The Morgan fingerprint density at radius 2 is 1.94 bits per heavy atom. The Morgan fingerprint density at radius 3 is 2.44 bits per heavy atom. The van der Waals surface area contributed by atoms with Crippen LogP contribution in [0.3, 0.4) is 0 Å². The third kappa shape index (κ3) is 3.84. The largest absolute Gasteiger partial charge is 0.314 e. The molecule has 1 aromatic rings. The number of rotatable bonds is 7. The molecule has 0 aliphatic carbocycles. The zero-order valence-electron chi connectivity index (χ0n) is 12.8. The van der Waals surface area contributed by atoms with Gasteiger partial charge < -0.3 is 5.32 Å². The fraction of sp³-hybridized carbons (Fsp3) is 0.800. The first kappa shape index (κ1) is 15.2. The molecule has 0 fully saturated rings. The highest BCUT2D eigenvalue weighted by molar-refractivity contribution is 5.10. The van der Waals surface area contributed by atoms with Crippen LogP contribution in [-0.4, -0.2) is 22.4 Å². The molecule has 2 unspecified atom stereocenters. The lowest BCUT2D eigenvalue weighted by Crippen LogP contribution is -2.37. The fourth-order valence-electron chi connectivity index (χ4n) is 2.74. The average Bonchev–Trinajstić information content (AvgIpc) is 2.66. The van der Waals surface area contributed by atoms with Crippen molar-refractivity contribution in [3.63, 3.8) is 0 Å². The van der Waals surface area contributed by atoms with Crippen LogP contribution in [-0.2, 0) is 13.0 Å². The molecular formula is C15H29N3. The highest BCUT2D eigenvalue weighted by Crippen LogP contribution is 2.21. The first-order valence-electron chi connectivity index (χ1n) is 7.26. The van der Waals surface area contributed by atoms with E-state index in [1.165, 1.54) is 5.69 Å². The van der Waals surface area contributed by atoms with E-state index in [2.05, 4.69) is 62.7 Å². The monoisotopic (exact) mass is 251 g/mol. The van der Waals surface area contributed by atoms with Gasteiger partial charge in [0, 0.05) is 18.3 Å². The molecule has 1 N–H and O–H groups in total. The molecule has 1 heterocycles. The van der Waals surface area contributed by atoms with E-state index in [4.69, 9.17) is 0 Å². The Bertz CT molecular complexity index is 355. The van der Waals surface area contributed by atoms with E-state index in [9.17, 15) is 0 Å². The zero-order chi connectivity index (χ0) is 13.7. The minimum absolute atomic E-state index is 0.551. The van der Waals surface area contributed by atoms with Gasteiger partial charge in [-0.2, -0.15) is 5.10 Å². The minimum Gasteiger partial charge on any atom is -0.314 e. The maximum absolute atomic E-state index is 4.54. The topological polar surface area (TPSA) is 29.9 Å². The predicted molar refractivity (Wildman–Crippen MR) is 77.8 cm³/mol. The van der Waals surface area contributed by atoms with Gasteiger partial charge in [-0.25, -0.2) is 0 Å². The summed E-state index contributed by atoms with van der Waals surface area (Å²) in [5.41, 5.74) is 2.50. The van der Waals surface area contributed by atoms with E-state index in [0.717, 1.165) is 25.2 Å². The molecule has 0 aliphatic heterocycles. The third-order valence-electron chi connectivity index (χ3n) is 3.75. The van der Waals surface area contributed by atoms with Gasteiger partial charge in [0.25, 0.3) is 0 Å². The van der Waals surface area contributed by atoms with Crippen LogP contribution in [0.1, 0.15) is 46.0 Å². The quantitative estimate of drug-likeness (QED) is 0.807. The highest BCUT2D eigenvalue weighted by atomic mass is 15.3. The SMILES string of the molecule is CCNC(C)C(Cc1cc(C)nn1CC)C(C)C. The Morgan fingerprint density at radius 1 is 1.28 bits per heavy atom. The molecule has 0 spiro atoms. The number of aromatic nitrogens is 2. The maximum atomic E-state index is 4.54. The van der Waals surface area contributed by atoms with Crippen LogP contribution in [0.5, 0.6) is 0 Å². The number of aryl methyl sites for hydroxylation is 2. The van der Waals surface area contributed by atoms with E-state index < -0.39 is 0 Å². The summed E-state index contributed by atoms with van der Waals surface area (Å²) in [6.45, 7) is 15.3. The number of nitrogens with zero attached hydrogens (tertiary/aromatic N) is 2. The van der Waals surface area contributed by atoms with Crippen molar-refractivity contribution in [3.8, 4) is 0 Å². The number of hydrogen-bond donors (Lipinski definition) is 1. The Labute approximate surface area is 112 Å². The summed E-state index contributed by atoms with van der Waals surface area (Å²) in [4.78, 5) is 0. The van der Waals surface area contributed by atoms with Gasteiger partial charge in [0.05, 0.1) is 5.69 Å². The summed E-state index contributed by atoms with van der Waals surface area (Å²) in [6.07, 6.45) is 1.11. The molecule has 2 atom stereocenters. The molecule has 0 bridgehead atoms. The lowest BCUT2D eigenvalue weighted by atomic mass is 9.85. The van der Waals surface area contributed by atoms with E-state index in [1.54, 1.807) is 0 Å². The molecular weight excluding hydrogens is 222 g/mol. The predicted octanol–water partition coefficient (Wildman–Crippen LogP) is 3.02. The first-order chi connectivity index (χ1) is 8.49. The Balaban J connectivity index is 2.82. The van der Waals surface area contributed by atoms with Gasteiger partial charge in [0.2, 0.25) is 0 Å². The standard InChI is InChI=1S/C15H29N3/c1-7-16-13(6)15(11(3)4)10-14-9-12(5)17-18(14)8-2/h9,11,13,15-16H,7-8,10H2,1-6H3. The van der Waals surface area contributed by atoms with Crippen LogP contribution in [0, 0.1) is 18.8 Å². The van der Waals surface area contributed by atoms with Crippen molar-refractivity contribution >= 4 is 0 Å². The van der Waals surface area contributed by atoms with Crippen molar-refractivity contribution in [2.45, 2.75) is 60.5 Å². The lowest BCUT2D eigenvalue weighted by molar-refractivity contribution is 0.286. The summed E-state index contributed by atoms with van der Waals surface area (Å²) in [5.74, 6) is 1.34. The summed E-state index contributed by atoms with van der Waals surface area (Å²) < 4.78 is 2.14. The molecule has 0 saturated carbocycles. The second kappa shape index (κ2) is 6.93. The van der Waals surface area contributed by atoms with Gasteiger partial charge in [-0.05, 0) is 51.6 Å².